The van der Waals surface area contributed by atoms with Crippen LogP contribution in [0.1, 0.15) is 63.4 Å². The Morgan fingerprint density at radius 1 is 1.15 bits per heavy atom. The Hall–Kier alpha value is -0.860. The Bertz CT molecular complexity index is 372. The van der Waals surface area contributed by atoms with Crippen molar-refractivity contribution in [2.75, 3.05) is 0 Å². The predicted octanol–water partition coefficient (Wildman–Crippen LogP) is 3.84. The molecule has 1 aliphatic carbocycles. The molecule has 112 valence electrons. The van der Waals surface area contributed by atoms with Crippen LogP contribution in [0, 0.1) is 5.92 Å². The maximum atomic E-state index is 10.4. The SMILES string of the molecule is C[C@H](C[C@H](O)[C@@H](N)CC1CCCCC1)c1ccccc1. The summed E-state index contributed by atoms with van der Waals surface area (Å²) in [6, 6.07) is 10.3. The van der Waals surface area contributed by atoms with Gasteiger partial charge >= 0.3 is 0 Å². The van der Waals surface area contributed by atoms with Crippen LogP contribution >= 0.6 is 0 Å². The summed E-state index contributed by atoms with van der Waals surface area (Å²) in [4.78, 5) is 0. The van der Waals surface area contributed by atoms with Crippen molar-refractivity contribution in [3.05, 3.63) is 35.9 Å². The highest BCUT2D eigenvalue weighted by Gasteiger charge is 2.23. The lowest BCUT2D eigenvalue weighted by molar-refractivity contribution is 0.112. The summed E-state index contributed by atoms with van der Waals surface area (Å²) in [6.07, 6.45) is 8.03. The van der Waals surface area contributed by atoms with Crippen molar-refractivity contribution in [3.8, 4) is 0 Å². The average molecular weight is 275 g/mol. The topological polar surface area (TPSA) is 46.2 Å². The number of aliphatic hydroxyl groups excluding tert-OH is 1. The van der Waals surface area contributed by atoms with Gasteiger partial charge in [0.05, 0.1) is 6.10 Å². The van der Waals surface area contributed by atoms with E-state index in [1.165, 1.54) is 37.7 Å². The van der Waals surface area contributed by atoms with Crippen LogP contribution in [0.4, 0.5) is 0 Å². The van der Waals surface area contributed by atoms with Crippen molar-refractivity contribution in [2.24, 2.45) is 11.7 Å². The Labute approximate surface area is 123 Å². The third kappa shape index (κ3) is 4.60. The molecule has 0 bridgehead atoms. The number of hydrogen-bond acceptors (Lipinski definition) is 2. The molecule has 0 saturated heterocycles. The zero-order valence-electron chi connectivity index (χ0n) is 12.7. The van der Waals surface area contributed by atoms with E-state index in [0.29, 0.717) is 5.92 Å². The molecule has 1 aromatic rings. The molecule has 1 fully saturated rings. The number of nitrogens with two attached hydrogens (primary N) is 1. The first-order chi connectivity index (χ1) is 9.66. The van der Waals surface area contributed by atoms with Crippen LogP contribution in [-0.2, 0) is 0 Å². The second-order valence-electron chi connectivity index (χ2n) is 6.52. The summed E-state index contributed by atoms with van der Waals surface area (Å²) >= 11 is 0. The minimum Gasteiger partial charge on any atom is -0.391 e. The van der Waals surface area contributed by atoms with Crippen LogP contribution < -0.4 is 5.73 Å². The molecule has 0 aliphatic heterocycles. The quantitative estimate of drug-likeness (QED) is 0.828. The van der Waals surface area contributed by atoms with Crippen molar-refractivity contribution < 1.29 is 5.11 Å². The smallest absolute Gasteiger partial charge is 0.0696 e. The lowest BCUT2D eigenvalue weighted by Gasteiger charge is -2.28. The molecule has 0 unspecified atom stereocenters. The van der Waals surface area contributed by atoms with Crippen LogP contribution in [0.3, 0.4) is 0 Å². The van der Waals surface area contributed by atoms with Gasteiger partial charge in [-0.05, 0) is 30.2 Å². The summed E-state index contributed by atoms with van der Waals surface area (Å²) in [7, 11) is 0. The first-order valence-electron chi connectivity index (χ1n) is 8.15. The van der Waals surface area contributed by atoms with Gasteiger partial charge in [-0.2, -0.15) is 0 Å². The van der Waals surface area contributed by atoms with Gasteiger partial charge in [0.1, 0.15) is 0 Å². The van der Waals surface area contributed by atoms with Crippen LogP contribution in [0.5, 0.6) is 0 Å². The normalized spacial score (nSPS) is 21.4. The molecule has 1 aromatic carbocycles. The maximum Gasteiger partial charge on any atom is 0.0696 e. The predicted molar refractivity (Wildman–Crippen MR) is 84.6 cm³/mol. The highest BCUT2D eigenvalue weighted by atomic mass is 16.3. The number of benzene rings is 1. The minimum atomic E-state index is -0.382. The molecule has 0 heterocycles. The van der Waals surface area contributed by atoms with Gasteiger partial charge in [-0.3, -0.25) is 0 Å². The first-order valence-corrected chi connectivity index (χ1v) is 8.15. The molecule has 2 nitrogen and oxygen atoms in total. The monoisotopic (exact) mass is 275 g/mol. The van der Waals surface area contributed by atoms with Crippen molar-refractivity contribution in [3.63, 3.8) is 0 Å². The molecule has 0 aromatic heterocycles. The molecular formula is C18H29NO. The van der Waals surface area contributed by atoms with Crippen LogP contribution in [0.15, 0.2) is 30.3 Å². The van der Waals surface area contributed by atoms with E-state index >= 15 is 0 Å². The summed E-state index contributed by atoms with van der Waals surface area (Å²) < 4.78 is 0. The van der Waals surface area contributed by atoms with Crippen LogP contribution in [-0.4, -0.2) is 17.3 Å². The van der Waals surface area contributed by atoms with Gasteiger partial charge in [0.15, 0.2) is 0 Å². The fourth-order valence-corrected chi connectivity index (χ4v) is 3.42. The average Bonchev–Trinajstić information content (AvgIpc) is 2.49. The fraction of sp³-hybridized carbons (Fsp3) is 0.667. The van der Waals surface area contributed by atoms with Gasteiger partial charge in [-0.25, -0.2) is 0 Å². The number of aliphatic hydroxyl groups is 1. The molecule has 1 saturated carbocycles. The van der Waals surface area contributed by atoms with E-state index in [-0.39, 0.29) is 12.1 Å². The third-order valence-electron chi connectivity index (χ3n) is 4.79. The van der Waals surface area contributed by atoms with Crippen molar-refractivity contribution in [2.45, 2.75) is 69.9 Å². The lowest BCUT2D eigenvalue weighted by atomic mass is 9.82. The standard InChI is InChI=1S/C18H29NO/c1-14(16-10-6-3-7-11-16)12-18(20)17(19)13-15-8-4-2-5-9-15/h3,6-7,10-11,14-15,17-18,20H,2,4-5,8-9,12-13,19H2,1H3/t14-,17+,18+/m1/s1. The lowest BCUT2D eigenvalue weighted by Crippen LogP contribution is -2.37. The van der Waals surface area contributed by atoms with Gasteiger partial charge in [-0.15, -0.1) is 0 Å². The second kappa shape index (κ2) is 7.80. The van der Waals surface area contributed by atoms with Gasteiger partial charge < -0.3 is 10.8 Å². The molecule has 3 atom stereocenters. The van der Waals surface area contributed by atoms with E-state index in [4.69, 9.17) is 5.73 Å². The zero-order valence-corrected chi connectivity index (χ0v) is 12.7. The molecule has 0 amide bonds. The molecule has 3 N–H and O–H groups in total. The summed E-state index contributed by atoms with van der Waals surface area (Å²) in [5.41, 5.74) is 7.51. The van der Waals surface area contributed by atoms with Crippen molar-refractivity contribution >= 4 is 0 Å². The Kier molecular flexibility index (Phi) is 6.06. The van der Waals surface area contributed by atoms with Crippen molar-refractivity contribution in [1.82, 2.24) is 0 Å². The number of hydrogen-bond donors (Lipinski definition) is 2. The number of rotatable bonds is 6. The van der Waals surface area contributed by atoms with E-state index < -0.39 is 0 Å². The molecular weight excluding hydrogens is 246 g/mol. The van der Waals surface area contributed by atoms with E-state index in [1.54, 1.807) is 0 Å². The van der Waals surface area contributed by atoms with E-state index in [9.17, 15) is 5.11 Å². The second-order valence-corrected chi connectivity index (χ2v) is 6.52. The Morgan fingerprint density at radius 3 is 2.45 bits per heavy atom. The van der Waals surface area contributed by atoms with Gasteiger partial charge in [-0.1, -0.05) is 69.4 Å². The van der Waals surface area contributed by atoms with Crippen LogP contribution in [0.25, 0.3) is 0 Å². The van der Waals surface area contributed by atoms with Gasteiger partial charge in [0.2, 0.25) is 0 Å². The minimum absolute atomic E-state index is 0.0655. The highest BCUT2D eigenvalue weighted by molar-refractivity contribution is 5.18. The molecule has 0 spiro atoms. The summed E-state index contributed by atoms with van der Waals surface area (Å²) in [5, 5.41) is 10.4. The van der Waals surface area contributed by atoms with Crippen LogP contribution in [0.2, 0.25) is 0 Å². The Morgan fingerprint density at radius 2 is 1.80 bits per heavy atom. The summed E-state index contributed by atoms with van der Waals surface area (Å²) in [5.74, 6) is 1.10. The van der Waals surface area contributed by atoms with Gasteiger partial charge in [0, 0.05) is 6.04 Å². The van der Waals surface area contributed by atoms with E-state index in [0.717, 1.165) is 18.8 Å². The largest absolute Gasteiger partial charge is 0.391 e. The van der Waals surface area contributed by atoms with E-state index in [1.807, 2.05) is 6.07 Å². The van der Waals surface area contributed by atoms with Crippen molar-refractivity contribution in [1.29, 1.82) is 0 Å². The third-order valence-corrected chi connectivity index (χ3v) is 4.79. The molecule has 20 heavy (non-hydrogen) atoms. The summed E-state index contributed by atoms with van der Waals surface area (Å²) in [6.45, 7) is 2.17. The van der Waals surface area contributed by atoms with Gasteiger partial charge in [0.25, 0.3) is 0 Å². The fourth-order valence-electron chi connectivity index (χ4n) is 3.42. The Balaban J connectivity index is 1.79. The first kappa shape index (κ1) is 15.5. The molecule has 1 aliphatic rings. The zero-order chi connectivity index (χ0) is 14.4. The van der Waals surface area contributed by atoms with E-state index in [2.05, 4.69) is 31.2 Å². The molecule has 0 radical (unpaired) electrons. The molecule has 2 heteroatoms. The molecule has 2 rings (SSSR count). The highest BCUT2D eigenvalue weighted by Crippen LogP contribution is 2.29. The maximum absolute atomic E-state index is 10.4.